The Labute approximate surface area is 345 Å². The van der Waals surface area contributed by atoms with Crippen LogP contribution in [0.4, 0.5) is 0 Å². The normalized spacial score (nSPS) is 12.7. The second-order valence-electron chi connectivity index (χ2n) is 16.2. The first-order valence-corrected chi connectivity index (χ1v) is 20.4. The quantitative estimate of drug-likeness (QED) is 0.169. The number of hydrogen-bond donors (Lipinski definition) is 0. The summed E-state index contributed by atoms with van der Waals surface area (Å²) in [6.07, 6.45) is 0. The fraction of sp³-hybridized carbons (Fsp3) is 0.0526. The standard InChI is InChI=1S/C57H40N2/c1-57(2)52-33-29-43(35-51(52)49-30-28-39-16-9-10-21-46(39)55(49)57)38-24-26-40(27-25-38)45-31-32-50(48-23-12-11-22-47(45)48)56-58-53(41-17-7-4-8-18-41)36-54(59-56)44-20-13-19-42(34-44)37-14-5-3-6-15-37/h3-36H,1-2H3. The van der Waals surface area contributed by atoms with Gasteiger partial charge in [0.25, 0.3) is 0 Å². The highest BCUT2D eigenvalue weighted by Crippen LogP contribution is 2.52. The third-order valence-corrected chi connectivity index (χ3v) is 12.3. The molecule has 11 rings (SSSR count). The summed E-state index contributed by atoms with van der Waals surface area (Å²) in [5.74, 6) is 0.707. The van der Waals surface area contributed by atoms with Gasteiger partial charge in [-0.3, -0.25) is 0 Å². The summed E-state index contributed by atoms with van der Waals surface area (Å²) in [5.41, 5.74) is 17.5. The molecule has 0 aliphatic heterocycles. The smallest absolute Gasteiger partial charge is 0.161 e. The highest BCUT2D eigenvalue weighted by Gasteiger charge is 2.37. The Morgan fingerprint density at radius 3 is 1.61 bits per heavy atom. The molecular weight excluding hydrogens is 713 g/mol. The second kappa shape index (κ2) is 13.9. The van der Waals surface area contributed by atoms with Crippen molar-refractivity contribution in [2.45, 2.75) is 19.3 Å². The van der Waals surface area contributed by atoms with Crippen molar-refractivity contribution in [1.29, 1.82) is 0 Å². The average molecular weight is 753 g/mol. The zero-order chi connectivity index (χ0) is 39.5. The van der Waals surface area contributed by atoms with Crippen LogP contribution in [-0.4, -0.2) is 9.97 Å². The first-order chi connectivity index (χ1) is 29.0. The van der Waals surface area contributed by atoms with Gasteiger partial charge in [-0.25, -0.2) is 9.97 Å². The van der Waals surface area contributed by atoms with E-state index in [4.69, 9.17) is 9.97 Å². The Morgan fingerprint density at radius 2 is 0.847 bits per heavy atom. The summed E-state index contributed by atoms with van der Waals surface area (Å²) in [4.78, 5) is 10.5. The summed E-state index contributed by atoms with van der Waals surface area (Å²) in [7, 11) is 0. The average Bonchev–Trinajstić information content (AvgIpc) is 3.54. The Morgan fingerprint density at radius 1 is 0.322 bits per heavy atom. The minimum absolute atomic E-state index is 0.0654. The molecule has 0 fully saturated rings. The predicted molar refractivity (Wildman–Crippen MR) is 247 cm³/mol. The van der Waals surface area contributed by atoms with Crippen molar-refractivity contribution in [2.24, 2.45) is 0 Å². The van der Waals surface area contributed by atoms with Crippen LogP contribution in [-0.2, 0) is 5.41 Å². The lowest BCUT2D eigenvalue weighted by atomic mass is 9.80. The summed E-state index contributed by atoms with van der Waals surface area (Å²) in [6, 6.07) is 74.2. The van der Waals surface area contributed by atoms with Gasteiger partial charge in [0.1, 0.15) is 0 Å². The molecule has 0 saturated heterocycles. The molecule has 9 aromatic carbocycles. The number of fused-ring (bicyclic) bond motifs is 6. The topological polar surface area (TPSA) is 25.8 Å². The lowest BCUT2D eigenvalue weighted by molar-refractivity contribution is 0.666. The largest absolute Gasteiger partial charge is 0.228 e. The van der Waals surface area contributed by atoms with Crippen molar-refractivity contribution in [3.63, 3.8) is 0 Å². The zero-order valence-corrected chi connectivity index (χ0v) is 33.0. The molecule has 0 saturated carbocycles. The molecule has 0 N–H and O–H groups in total. The number of rotatable bonds is 6. The van der Waals surface area contributed by atoms with Crippen LogP contribution in [0.1, 0.15) is 25.0 Å². The number of hydrogen-bond acceptors (Lipinski definition) is 2. The second-order valence-corrected chi connectivity index (χ2v) is 16.2. The molecule has 1 aliphatic carbocycles. The van der Waals surface area contributed by atoms with E-state index < -0.39 is 0 Å². The van der Waals surface area contributed by atoms with Crippen LogP contribution >= 0.6 is 0 Å². The van der Waals surface area contributed by atoms with Gasteiger partial charge >= 0.3 is 0 Å². The van der Waals surface area contributed by atoms with Crippen LogP contribution in [0, 0.1) is 0 Å². The molecule has 1 heterocycles. The Bertz CT molecular complexity index is 3220. The van der Waals surface area contributed by atoms with Crippen molar-refractivity contribution >= 4 is 21.5 Å². The van der Waals surface area contributed by atoms with Gasteiger partial charge in [-0.05, 0) is 101 Å². The molecule has 0 atom stereocenters. The van der Waals surface area contributed by atoms with Gasteiger partial charge in [-0.2, -0.15) is 0 Å². The van der Waals surface area contributed by atoms with Crippen LogP contribution in [0.15, 0.2) is 206 Å². The predicted octanol–water partition coefficient (Wildman–Crippen LogP) is 15.1. The summed E-state index contributed by atoms with van der Waals surface area (Å²) in [5, 5.41) is 4.93. The van der Waals surface area contributed by atoms with E-state index >= 15 is 0 Å². The van der Waals surface area contributed by atoms with Gasteiger partial charge < -0.3 is 0 Å². The van der Waals surface area contributed by atoms with Gasteiger partial charge in [0.05, 0.1) is 11.4 Å². The molecule has 0 radical (unpaired) electrons. The van der Waals surface area contributed by atoms with Gasteiger partial charge in [0, 0.05) is 22.1 Å². The highest BCUT2D eigenvalue weighted by atomic mass is 14.9. The first-order valence-electron chi connectivity index (χ1n) is 20.4. The van der Waals surface area contributed by atoms with E-state index in [2.05, 4.69) is 214 Å². The Balaban J connectivity index is 0.977. The third kappa shape index (κ3) is 5.96. The van der Waals surface area contributed by atoms with Crippen molar-refractivity contribution in [3.8, 4) is 78.4 Å². The van der Waals surface area contributed by atoms with E-state index in [1.54, 1.807) is 0 Å². The molecule has 1 aliphatic rings. The molecule has 10 aromatic rings. The van der Waals surface area contributed by atoms with Gasteiger partial charge in [-0.15, -0.1) is 0 Å². The fourth-order valence-electron chi connectivity index (χ4n) is 9.34. The van der Waals surface area contributed by atoms with Gasteiger partial charge in [0.15, 0.2) is 5.82 Å². The maximum atomic E-state index is 5.28. The van der Waals surface area contributed by atoms with E-state index in [0.717, 1.165) is 39.0 Å². The van der Waals surface area contributed by atoms with Crippen LogP contribution in [0.5, 0.6) is 0 Å². The van der Waals surface area contributed by atoms with Crippen LogP contribution in [0.3, 0.4) is 0 Å². The van der Waals surface area contributed by atoms with E-state index in [1.807, 2.05) is 6.07 Å². The number of benzene rings is 9. The molecule has 278 valence electrons. The Hall–Kier alpha value is -7.42. The third-order valence-electron chi connectivity index (χ3n) is 12.3. The van der Waals surface area contributed by atoms with E-state index in [0.29, 0.717) is 5.82 Å². The molecule has 2 heteroatoms. The molecule has 1 aromatic heterocycles. The Kier molecular flexibility index (Phi) is 8.20. The number of aromatic nitrogens is 2. The van der Waals surface area contributed by atoms with Crippen molar-refractivity contribution < 1.29 is 0 Å². The minimum Gasteiger partial charge on any atom is -0.228 e. The minimum atomic E-state index is -0.0654. The molecule has 59 heavy (non-hydrogen) atoms. The van der Waals surface area contributed by atoms with E-state index in [1.165, 1.54) is 66.2 Å². The summed E-state index contributed by atoms with van der Waals surface area (Å²) >= 11 is 0. The first kappa shape index (κ1) is 34.8. The maximum absolute atomic E-state index is 5.28. The van der Waals surface area contributed by atoms with Crippen LogP contribution in [0.2, 0.25) is 0 Å². The van der Waals surface area contributed by atoms with Gasteiger partial charge in [0.2, 0.25) is 0 Å². The van der Waals surface area contributed by atoms with Crippen molar-refractivity contribution in [3.05, 3.63) is 217 Å². The summed E-state index contributed by atoms with van der Waals surface area (Å²) < 4.78 is 0. The van der Waals surface area contributed by atoms with E-state index in [-0.39, 0.29) is 5.41 Å². The molecule has 0 unspecified atom stereocenters. The van der Waals surface area contributed by atoms with E-state index in [9.17, 15) is 0 Å². The fourth-order valence-corrected chi connectivity index (χ4v) is 9.34. The number of nitrogens with zero attached hydrogens (tertiary/aromatic N) is 2. The monoisotopic (exact) mass is 752 g/mol. The zero-order valence-electron chi connectivity index (χ0n) is 33.0. The van der Waals surface area contributed by atoms with Crippen molar-refractivity contribution in [2.75, 3.05) is 0 Å². The molecule has 0 spiro atoms. The lowest BCUT2D eigenvalue weighted by Gasteiger charge is -2.23. The van der Waals surface area contributed by atoms with Gasteiger partial charge in [-0.1, -0.05) is 196 Å². The SMILES string of the molecule is CC1(C)c2ccc(-c3ccc(-c4ccc(-c5nc(-c6ccccc6)cc(-c6cccc(-c7ccccc7)c6)n5)c5ccccc45)cc3)cc2-c2ccc3ccccc3c21. The molecule has 0 amide bonds. The maximum Gasteiger partial charge on any atom is 0.161 e. The molecule has 2 nitrogen and oxygen atoms in total. The molecule has 0 bridgehead atoms. The highest BCUT2D eigenvalue weighted by molar-refractivity contribution is 6.04. The molecular formula is C57H40N2. The van der Waals surface area contributed by atoms with Crippen LogP contribution < -0.4 is 0 Å². The lowest BCUT2D eigenvalue weighted by Crippen LogP contribution is -2.15. The summed E-state index contributed by atoms with van der Waals surface area (Å²) in [6.45, 7) is 4.73. The van der Waals surface area contributed by atoms with Crippen molar-refractivity contribution in [1.82, 2.24) is 9.97 Å². The van der Waals surface area contributed by atoms with Crippen LogP contribution in [0.25, 0.3) is 100.0 Å².